The number of rotatable bonds is 4. The molecule has 1 aromatic carbocycles. The lowest BCUT2D eigenvalue weighted by Gasteiger charge is -2.20. The van der Waals surface area contributed by atoms with Gasteiger partial charge in [0.1, 0.15) is 5.82 Å². The number of hydrogen-bond donors (Lipinski definition) is 2. The maximum absolute atomic E-state index is 13.3. The minimum atomic E-state index is -4.42. The van der Waals surface area contributed by atoms with E-state index in [2.05, 4.69) is 20.3 Å². The smallest absolute Gasteiger partial charge is 0.347 e. The normalized spacial score (nSPS) is 15.4. The largest absolute Gasteiger partial charge is 0.416 e. The van der Waals surface area contributed by atoms with Gasteiger partial charge in [0, 0.05) is 31.8 Å². The minimum absolute atomic E-state index is 0.222. The number of alkyl halides is 3. The predicted octanol–water partition coefficient (Wildman–Crippen LogP) is 4.09. The fourth-order valence-electron chi connectivity index (χ4n) is 3.62. The summed E-state index contributed by atoms with van der Waals surface area (Å²) in [6, 6.07) is 7.00. The number of aromatic amines is 1. The topological polar surface area (TPSA) is 69.7 Å². The van der Waals surface area contributed by atoms with Crippen LogP contribution < -0.4 is 10.2 Å². The second kappa shape index (κ2) is 8.06. The van der Waals surface area contributed by atoms with E-state index in [1.807, 2.05) is 14.1 Å². The molecule has 3 aromatic rings. The fraction of sp³-hybridized carbons (Fsp3) is 0.381. The standard InChI is InChI=1S/C21H23F3N6/c1-30(2)20-26-11-8-16(27-20)18-17(14-4-3-5-15(12-14)21(22,23)24)28-19(29-18)13-6-9-25-10-7-13/h3-5,8,11-13,25H,6-7,9-10H2,1-2H3,(H,28,29). The maximum atomic E-state index is 13.3. The highest BCUT2D eigenvalue weighted by atomic mass is 19.4. The van der Waals surface area contributed by atoms with E-state index in [4.69, 9.17) is 4.98 Å². The number of benzene rings is 1. The van der Waals surface area contributed by atoms with E-state index in [0.717, 1.165) is 43.9 Å². The molecule has 9 heteroatoms. The van der Waals surface area contributed by atoms with Crippen LogP contribution in [0.25, 0.3) is 22.6 Å². The number of nitrogens with zero attached hydrogens (tertiary/aromatic N) is 4. The van der Waals surface area contributed by atoms with Crippen molar-refractivity contribution in [1.82, 2.24) is 25.3 Å². The molecular weight excluding hydrogens is 393 g/mol. The summed E-state index contributed by atoms with van der Waals surface area (Å²) in [5.41, 5.74) is 1.37. The lowest BCUT2D eigenvalue weighted by atomic mass is 9.98. The molecule has 6 nitrogen and oxygen atoms in total. The van der Waals surface area contributed by atoms with Crippen LogP contribution in [0.5, 0.6) is 0 Å². The molecule has 158 valence electrons. The Morgan fingerprint density at radius 1 is 1.07 bits per heavy atom. The molecule has 30 heavy (non-hydrogen) atoms. The van der Waals surface area contributed by atoms with Gasteiger partial charge in [0.15, 0.2) is 0 Å². The summed E-state index contributed by atoms with van der Waals surface area (Å²) in [5.74, 6) is 1.52. The zero-order valence-electron chi connectivity index (χ0n) is 16.8. The molecule has 2 aromatic heterocycles. The SMILES string of the molecule is CN(C)c1nccc(-c2[nH]c(C3CCNCC3)nc2-c2cccc(C(F)(F)F)c2)n1. The lowest BCUT2D eigenvalue weighted by molar-refractivity contribution is -0.137. The first kappa shape index (κ1) is 20.3. The Morgan fingerprint density at radius 3 is 2.53 bits per heavy atom. The predicted molar refractivity (Wildman–Crippen MR) is 109 cm³/mol. The second-order valence-corrected chi connectivity index (χ2v) is 7.58. The molecule has 1 aliphatic rings. The second-order valence-electron chi connectivity index (χ2n) is 7.58. The molecule has 4 rings (SSSR count). The van der Waals surface area contributed by atoms with Crippen LogP contribution in [0.1, 0.15) is 30.1 Å². The van der Waals surface area contributed by atoms with Crippen molar-refractivity contribution in [3.8, 4) is 22.6 Å². The number of hydrogen-bond acceptors (Lipinski definition) is 5. The highest BCUT2D eigenvalue weighted by Gasteiger charge is 2.31. The molecule has 1 saturated heterocycles. The van der Waals surface area contributed by atoms with E-state index in [-0.39, 0.29) is 5.92 Å². The summed E-state index contributed by atoms with van der Waals surface area (Å²) in [7, 11) is 3.67. The van der Waals surface area contributed by atoms with E-state index in [1.165, 1.54) is 6.07 Å². The molecule has 3 heterocycles. The van der Waals surface area contributed by atoms with Crippen LogP contribution in [0.2, 0.25) is 0 Å². The van der Waals surface area contributed by atoms with Gasteiger partial charge >= 0.3 is 6.18 Å². The van der Waals surface area contributed by atoms with Gasteiger partial charge < -0.3 is 15.2 Å². The van der Waals surface area contributed by atoms with Crippen molar-refractivity contribution in [2.75, 3.05) is 32.1 Å². The van der Waals surface area contributed by atoms with Crippen molar-refractivity contribution in [2.45, 2.75) is 24.9 Å². The van der Waals surface area contributed by atoms with Crippen LogP contribution in [0.4, 0.5) is 19.1 Å². The van der Waals surface area contributed by atoms with E-state index in [9.17, 15) is 13.2 Å². The van der Waals surface area contributed by atoms with Crippen LogP contribution in [-0.2, 0) is 6.18 Å². The third-order valence-corrected chi connectivity index (χ3v) is 5.21. The van der Waals surface area contributed by atoms with Crippen molar-refractivity contribution in [2.24, 2.45) is 0 Å². The van der Waals surface area contributed by atoms with Crippen LogP contribution in [0.15, 0.2) is 36.5 Å². The molecular formula is C21H23F3N6. The zero-order chi connectivity index (χ0) is 21.3. The molecule has 0 aliphatic carbocycles. The molecule has 1 fully saturated rings. The molecule has 1 aliphatic heterocycles. The van der Waals surface area contributed by atoms with Crippen molar-refractivity contribution < 1.29 is 13.2 Å². The Hall–Kier alpha value is -2.94. The van der Waals surface area contributed by atoms with E-state index >= 15 is 0 Å². The summed E-state index contributed by atoms with van der Waals surface area (Å²) < 4.78 is 39.9. The van der Waals surface area contributed by atoms with Crippen LogP contribution in [-0.4, -0.2) is 47.1 Å². The number of piperidine rings is 1. The first-order chi connectivity index (χ1) is 14.3. The van der Waals surface area contributed by atoms with Crippen molar-refractivity contribution in [3.05, 3.63) is 47.9 Å². The maximum Gasteiger partial charge on any atom is 0.416 e. The summed E-state index contributed by atoms with van der Waals surface area (Å²) in [5, 5.41) is 3.32. The van der Waals surface area contributed by atoms with Crippen LogP contribution in [0.3, 0.4) is 0 Å². The van der Waals surface area contributed by atoms with E-state index in [1.54, 1.807) is 23.2 Å². The number of H-pyrrole nitrogens is 1. The van der Waals surface area contributed by atoms with Crippen molar-refractivity contribution >= 4 is 5.95 Å². The molecule has 0 saturated carbocycles. The third kappa shape index (κ3) is 4.16. The highest BCUT2D eigenvalue weighted by molar-refractivity contribution is 5.77. The first-order valence-electron chi connectivity index (χ1n) is 9.82. The Labute approximate surface area is 172 Å². The number of anilines is 1. The number of aromatic nitrogens is 4. The zero-order valence-corrected chi connectivity index (χ0v) is 16.8. The molecule has 0 spiro atoms. The van der Waals surface area contributed by atoms with Gasteiger partial charge in [-0.3, -0.25) is 0 Å². The van der Waals surface area contributed by atoms with Crippen LogP contribution >= 0.6 is 0 Å². The lowest BCUT2D eigenvalue weighted by Crippen LogP contribution is -2.27. The van der Waals surface area contributed by atoms with Gasteiger partial charge in [0.05, 0.1) is 22.6 Å². The van der Waals surface area contributed by atoms with Crippen LogP contribution in [0, 0.1) is 0 Å². The summed E-state index contributed by atoms with van der Waals surface area (Å²) in [6.07, 6.45) is -0.945. The molecule has 2 N–H and O–H groups in total. The van der Waals surface area contributed by atoms with Gasteiger partial charge in [-0.2, -0.15) is 13.2 Å². The third-order valence-electron chi connectivity index (χ3n) is 5.21. The van der Waals surface area contributed by atoms with Gasteiger partial charge in [0.2, 0.25) is 5.95 Å². The summed E-state index contributed by atoms with van der Waals surface area (Å²) in [4.78, 5) is 18.7. The average Bonchev–Trinajstić information content (AvgIpc) is 3.19. The molecule has 0 radical (unpaired) electrons. The van der Waals surface area contributed by atoms with E-state index in [0.29, 0.717) is 28.6 Å². The van der Waals surface area contributed by atoms with Gasteiger partial charge in [0.25, 0.3) is 0 Å². The minimum Gasteiger partial charge on any atom is -0.347 e. The first-order valence-corrected chi connectivity index (χ1v) is 9.82. The quantitative estimate of drug-likeness (QED) is 0.671. The molecule has 0 unspecified atom stereocenters. The molecule has 0 amide bonds. The summed E-state index contributed by atoms with van der Waals surface area (Å²) in [6.45, 7) is 1.77. The average molecular weight is 416 g/mol. The highest BCUT2D eigenvalue weighted by Crippen LogP contribution is 2.36. The molecule has 0 bridgehead atoms. The van der Waals surface area contributed by atoms with Gasteiger partial charge in [-0.25, -0.2) is 15.0 Å². The number of halogens is 3. The fourth-order valence-corrected chi connectivity index (χ4v) is 3.62. The van der Waals surface area contributed by atoms with Crippen molar-refractivity contribution in [3.63, 3.8) is 0 Å². The Morgan fingerprint density at radius 2 is 1.83 bits per heavy atom. The summed E-state index contributed by atoms with van der Waals surface area (Å²) >= 11 is 0. The van der Waals surface area contributed by atoms with Crippen molar-refractivity contribution in [1.29, 1.82) is 0 Å². The number of nitrogens with one attached hydrogen (secondary N) is 2. The Balaban J connectivity index is 1.84. The Kier molecular flexibility index (Phi) is 5.46. The van der Waals surface area contributed by atoms with E-state index < -0.39 is 11.7 Å². The Bertz CT molecular complexity index is 1020. The monoisotopic (exact) mass is 416 g/mol. The number of imidazole rings is 1. The van der Waals surface area contributed by atoms with Gasteiger partial charge in [-0.05, 0) is 44.1 Å². The van der Waals surface area contributed by atoms with Gasteiger partial charge in [-0.15, -0.1) is 0 Å². The van der Waals surface area contributed by atoms with Gasteiger partial charge in [-0.1, -0.05) is 12.1 Å². The molecule has 0 atom stereocenters.